The molecule has 0 fully saturated rings. The van der Waals surface area contributed by atoms with E-state index in [4.69, 9.17) is 4.74 Å². The number of aryl methyl sites for hydroxylation is 1. The van der Waals surface area contributed by atoms with E-state index in [1.54, 1.807) is 7.11 Å². The van der Waals surface area contributed by atoms with Gasteiger partial charge < -0.3 is 10.1 Å². The summed E-state index contributed by atoms with van der Waals surface area (Å²) < 4.78 is 6.29. The van der Waals surface area contributed by atoms with Gasteiger partial charge in [0, 0.05) is 6.04 Å². The van der Waals surface area contributed by atoms with Crippen LogP contribution in [0.3, 0.4) is 0 Å². The number of hydrogen-bond donors (Lipinski definition) is 1. The summed E-state index contributed by atoms with van der Waals surface area (Å²) in [6.07, 6.45) is 3.57. The molecule has 108 valence electrons. The third-order valence-corrected chi connectivity index (χ3v) is 4.09. The third kappa shape index (κ3) is 5.53. The van der Waals surface area contributed by atoms with Crippen molar-refractivity contribution in [3.63, 3.8) is 0 Å². The summed E-state index contributed by atoms with van der Waals surface area (Å²) in [6, 6.07) is 6.98. The molecule has 1 rings (SSSR count). The van der Waals surface area contributed by atoms with E-state index in [1.165, 1.54) is 18.4 Å². The van der Waals surface area contributed by atoms with Crippen molar-refractivity contribution in [3.05, 3.63) is 28.2 Å². The van der Waals surface area contributed by atoms with Crippen LogP contribution in [0.1, 0.15) is 39.2 Å². The fourth-order valence-electron chi connectivity index (χ4n) is 2.32. The van der Waals surface area contributed by atoms with Gasteiger partial charge in [-0.05, 0) is 65.4 Å². The largest absolute Gasteiger partial charge is 0.496 e. The molecule has 1 N–H and O–H groups in total. The average molecular weight is 328 g/mol. The van der Waals surface area contributed by atoms with E-state index >= 15 is 0 Å². The standard InChI is InChI=1S/C16H26BrNO/c1-5-18-15(12(2)3)8-6-7-13-9-10-16(19-4)14(17)11-13/h9-12,15,18H,5-8H2,1-4H3. The summed E-state index contributed by atoms with van der Waals surface area (Å²) in [4.78, 5) is 0. The molecule has 0 aliphatic rings. The molecule has 0 heterocycles. The molecular formula is C16H26BrNO. The first kappa shape index (κ1) is 16.5. The maximum Gasteiger partial charge on any atom is 0.133 e. The highest BCUT2D eigenvalue weighted by molar-refractivity contribution is 9.10. The minimum absolute atomic E-state index is 0.631. The first-order valence-electron chi connectivity index (χ1n) is 7.14. The molecule has 0 aliphatic heterocycles. The molecule has 2 nitrogen and oxygen atoms in total. The lowest BCUT2D eigenvalue weighted by Crippen LogP contribution is -2.33. The van der Waals surface area contributed by atoms with Gasteiger partial charge in [-0.25, -0.2) is 0 Å². The van der Waals surface area contributed by atoms with E-state index in [1.807, 2.05) is 6.07 Å². The second-order valence-electron chi connectivity index (χ2n) is 5.27. The molecule has 1 aromatic rings. The van der Waals surface area contributed by atoms with Gasteiger partial charge in [0.15, 0.2) is 0 Å². The minimum Gasteiger partial charge on any atom is -0.496 e. The van der Waals surface area contributed by atoms with Crippen LogP contribution in [-0.4, -0.2) is 19.7 Å². The Morgan fingerprint density at radius 2 is 2.05 bits per heavy atom. The van der Waals surface area contributed by atoms with E-state index in [-0.39, 0.29) is 0 Å². The molecular weight excluding hydrogens is 302 g/mol. The third-order valence-electron chi connectivity index (χ3n) is 3.47. The Morgan fingerprint density at radius 3 is 2.58 bits per heavy atom. The van der Waals surface area contributed by atoms with Crippen molar-refractivity contribution in [1.29, 1.82) is 0 Å². The second kappa shape index (κ2) is 8.60. The Labute approximate surface area is 126 Å². The lowest BCUT2D eigenvalue weighted by atomic mass is 9.97. The van der Waals surface area contributed by atoms with Gasteiger partial charge in [-0.1, -0.05) is 26.8 Å². The van der Waals surface area contributed by atoms with E-state index in [9.17, 15) is 0 Å². The van der Waals surface area contributed by atoms with Crippen molar-refractivity contribution in [2.75, 3.05) is 13.7 Å². The minimum atomic E-state index is 0.631. The molecule has 0 saturated heterocycles. The maximum absolute atomic E-state index is 5.25. The summed E-state index contributed by atoms with van der Waals surface area (Å²) in [5, 5.41) is 3.57. The zero-order valence-electron chi connectivity index (χ0n) is 12.5. The van der Waals surface area contributed by atoms with Gasteiger partial charge in [0.2, 0.25) is 0 Å². The van der Waals surface area contributed by atoms with Gasteiger partial charge in [0.1, 0.15) is 5.75 Å². The van der Waals surface area contributed by atoms with Crippen molar-refractivity contribution in [3.8, 4) is 5.75 Å². The Bertz CT molecular complexity index is 379. The summed E-state index contributed by atoms with van der Waals surface area (Å²) in [5.74, 6) is 1.60. The van der Waals surface area contributed by atoms with Crippen LogP contribution in [0.15, 0.2) is 22.7 Å². The number of ether oxygens (including phenoxy) is 1. The van der Waals surface area contributed by atoms with Crippen molar-refractivity contribution >= 4 is 15.9 Å². The highest BCUT2D eigenvalue weighted by atomic mass is 79.9. The van der Waals surface area contributed by atoms with Crippen LogP contribution in [0.5, 0.6) is 5.75 Å². The molecule has 19 heavy (non-hydrogen) atoms. The van der Waals surface area contributed by atoms with E-state index in [0.717, 1.165) is 23.2 Å². The smallest absolute Gasteiger partial charge is 0.133 e. The fraction of sp³-hybridized carbons (Fsp3) is 0.625. The van der Waals surface area contributed by atoms with E-state index < -0.39 is 0 Å². The van der Waals surface area contributed by atoms with Crippen molar-refractivity contribution in [1.82, 2.24) is 5.32 Å². The van der Waals surface area contributed by atoms with Crippen LogP contribution >= 0.6 is 15.9 Å². The zero-order chi connectivity index (χ0) is 14.3. The van der Waals surface area contributed by atoms with Crippen LogP contribution in [0, 0.1) is 5.92 Å². The Balaban J connectivity index is 2.46. The molecule has 0 amide bonds. The number of hydrogen-bond acceptors (Lipinski definition) is 2. The molecule has 1 atom stereocenters. The van der Waals surface area contributed by atoms with Crippen molar-refractivity contribution in [2.45, 2.75) is 46.1 Å². The van der Waals surface area contributed by atoms with E-state index in [0.29, 0.717) is 12.0 Å². The highest BCUT2D eigenvalue weighted by Gasteiger charge is 2.11. The van der Waals surface area contributed by atoms with Gasteiger partial charge in [-0.15, -0.1) is 0 Å². The Morgan fingerprint density at radius 1 is 1.32 bits per heavy atom. The first-order valence-corrected chi connectivity index (χ1v) is 7.93. The van der Waals surface area contributed by atoms with Crippen molar-refractivity contribution < 1.29 is 4.74 Å². The van der Waals surface area contributed by atoms with Gasteiger partial charge in [0.25, 0.3) is 0 Å². The topological polar surface area (TPSA) is 21.3 Å². The Kier molecular flexibility index (Phi) is 7.47. The molecule has 1 unspecified atom stereocenters. The molecule has 3 heteroatoms. The van der Waals surface area contributed by atoms with Gasteiger partial charge in [-0.3, -0.25) is 0 Å². The molecule has 0 aliphatic carbocycles. The molecule has 1 aromatic carbocycles. The van der Waals surface area contributed by atoms with Crippen LogP contribution in [0.2, 0.25) is 0 Å². The number of nitrogens with one attached hydrogen (secondary N) is 1. The zero-order valence-corrected chi connectivity index (χ0v) is 14.1. The van der Waals surface area contributed by atoms with Crippen LogP contribution in [-0.2, 0) is 6.42 Å². The average Bonchev–Trinajstić information content (AvgIpc) is 2.37. The lowest BCUT2D eigenvalue weighted by Gasteiger charge is -2.21. The monoisotopic (exact) mass is 327 g/mol. The summed E-state index contributed by atoms with van der Waals surface area (Å²) in [7, 11) is 1.70. The number of methoxy groups -OCH3 is 1. The lowest BCUT2D eigenvalue weighted by molar-refractivity contribution is 0.377. The van der Waals surface area contributed by atoms with Crippen molar-refractivity contribution in [2.24, 2.45) is 5.92 Å². The SMILES string of the molecule is CCNC(CCCc1ccc(OC)c(Br)c1)C(C)C. The van der Waals surface area contributed by atoms with Gasteiger partial charge >= 0.3 is 0 Å². The predicted molar refractivity (Wildman–Crippen MR) is 85.9 cm³/mol. The van der Waals surface area contributed by atoms with Crippen LogP contribution in [0.25, 0.3) is 0 Å². The van der Waals surface area contributed by atoms with Crippen LogP contribution < -0.4 is 10.1 Å². The molecule has 0 aromatic heterocycles. The summed E-state index contributed by atoms with van der Waals surface area (Å²) >= 11 is 3.54. The molecule has 0 radical (unpaired) electrons. The molecule has 0 bridgehead atoms. The van der Waals surface area contributed by atoms with Crippen LogP contribution in [0.4, 0.5) is 0 Å². The number of rotatable bonds is 8. The number of benzene rings is 1. The number of halogens is 1. The second-order valence-corrected chi connectivity index (χ2v) is 6.12. The Hall–Kier alpha value is -0.540. The molecule has 0 saturated carbocycles. The van der Waals surface area contributed by atoms with E-state index in [2.05, 4.69) is 54.2 Å². The normalized spacial score (nSPS) is 12.7. The fourth-order valence-corrected chi connectivity index (χ4v) is 2.91. The highest BCUT2D eigenvalue weighted by Crippen LogP contribution is 2.26. The molecule has 0 spiro atoms. The predicted octanol–water partition coefficient (Wildman–Crippen LogP) is 4.41. The summed E-state index contributed by atoms with van der Waals surface area (Å²) in [5.41, 5.74) is 1.37. The first-order chi connectivity index (χ1) is 9.08. The maximum atomic E-state index is 5.25. The quantitative estimate of drug-likeness (QED) is 0.763. The van der Waals surface area contributed by atoms with Gasteiger partial charge in [-0.2, -0.15) is 0 Å². The summed E-state index contributed by atoms with van der Waals surface area (Å²) in [6.45, 7) is 7.81. The van der Waals surface area contributed by atoms with Gasteiger partial charge in [0.05, 0.1) is 11.6 Å².